The van der Waals surface area contributed by atoms with Crippen LogP contribution in [0.3, 0.4) is 0 Å². The Bertz CT molecular complexity index is 816. The third-order valence-electron chi connectivity index (χ3n) is 4.65. The first-order valence-corrected chi connectivity index (χ1v) is 9.98. The molecule has 4 rings (SSSR count). The number of hydrogen-bond acceptors (Lipinski definition) is 3. The molecule has 0 amide bonds. The van der Waals surface area contributed by atoms with Crippen LogP contribution in [0.5, 0.6) is 0 Å². The Morgan fingerprint density at radius 1 is 0.846 bits per heavy atom. The molecule has 0 aromatic heterocycles. The summed E-state index contributed by atoms with van der Waals surface area (Å²) >= 11 is 1.90. The van der Waals surface area contributed by atoms with E-state index in [2.05, 4.69) is 90.2 Å². The fraction of sp³-hybridized carbons (Fsp3) is 0.217. The second-order valence-corrected chi connectivity index (χ2v) is 7.61. The highest BCUT2D eigenvalue weighted by molar-refractivity contribution is 7.99. The minimum atomic E-state index is 0.167. The molecule has 1 saturated heterocycles. The van der Waals surface area contributed by atoms with Gasteiger partial charge in [0.15, 0.2) is 0 Å². The van der Waals surface area contributed by atoms with E-state index in [0.717, 1.165) is 19.7 Å². The van der Waals surface area contributed by atoms with Crippen molar-refractivity contribution >= 4 is 11.8 Å². The summed E-state index contributed by atoms with van der Waals surface area (Å²) in [5.74, 6) is 0. The van der Waals surface area contributed by atoms with Crippen LogP contribution >= 0.6 is 11.8 Å². The van der Waals surface area contributed by atoms with Crippen LogP contribution in [0.4, 0.5) is 0 Å². The van der Waals surface area contributed by atoms with E-state index in [9.17, 15) is 0 Å². The van der Waals surface area contributed by atoms with Crippen molar-refractivity contribution in [3.8, 4) is 11.1 Å². The number of benzene rings is 3. The van der Waals surface area contributed by atoms with Gasteiger partial charge in [0.1, 0.15) is 0 Å². The van der Waals surface area contributed by atoms with E-state index in [1.54, 1.807) is 0 Å². The Morgan fingerprint density at radius 3 is 2.27 bits per heavy atom. The molecular weight excluding hydrogens is 338 g/mol. The van der Waals surface area contributed by atoms with Gasteiger partial charge in [-0.15, -0.1) is 11.8 Å². The van der Waals surface area contributed by atoms with Crippen LogP contribution in [0.2, 0.25) is 0 Å². The molecule has 3 aromatic carbocycles. The van der Waals surface area contributed by atoms with Crippen LogP contribution in [0.1, 0.15) is 10.8 Å². The lowest BCUT2D eigenvalue weighted by Gasteiger charge is -2.31. The Morgan fingerprint density at radius 2 is 1.54 bits per heavy atom. The number of morpholine rings is 1. The molecule has 1 fully saturated rings. The quantitative estimate of drug-likeness (QED) is 0.633. The van der Waals surface area contributed by atoms with Gasteiger partial charge >= 0.3 is 0 Å². The number of hydrogen-bond donors (Lipinski definition) is 1. The average Bonchev–Trinajstić information content (AvgIpc) is 2.74. The lowest BCUT2D eigenvalue weighted by molar-refractivity contribution is 0.0273. The molecule has 3 heteroatoms. The number of thioether (sulfide) groups is 1. The smallest absolute Gasteiger partial charge is 0.0862 e. The van der Waals surface area contributed by atoms with Crippen LogP contribution in [0, 0.1) is 0 Å². The maximum absolute atomic E-state index is 6.13. The molecule has 132 valence electrons. The molecule has 1 aliphatic rings. The van der Waals surface area contributed by atoms with Crippen molar-refractivity contribution in [2.24, 2.45) is 0 Å². The van der Waals surface area contributed by atoms with Crippen molar-refractivity contribution in [1.29, 1.82) is 0 Å². The van der Waals surface area contributed by atoms with Gasteiger partial charge in [-0.1, -0.05) is 78.9 Å². The largest absolute Gasteiger partial charge is 0.374 e. The Hall–Kier alpha value is -2.07. The predicted molar refractivity (Wildman–Crippen MR) is 110 cm³/mol. The SMILES string of the molecule is c1ccc(-c2ccccc2SC(c2ccccc2)C2CNCCO2)cc1. The third-order valence-corrected chi connectivity index (χ3v) is 6.09. The monoisotopic (exact) mass is 361 g/mol. The lowest BCUT2D eigenvalue weighted by Crippen LogP contribution is -2.41. The average molecular weight is 362 g/mol. The summed E-state index contributed by atoms with van der Waals surface area (Å²) in [6.07, 6.45) is 0.167. The predicted octanol–water partition coefficient (Wildman–Crippen LogP) is 5.18. The van der Waals surface area contributed by atoms with Gasteiger partial charge in [0.2, 0.25) is 0 Å². The zero-order valence-electron chi connectivity index (χ0n) is 14.7. The summed E-state index contributed by atoms with van der Waals surface area (Å²) in [6.45, 7) is 2.60. The van der Waals surface area contributed by atoms with Crippen molar-refractivity contribution in [3.63, 3.8) is 0 Å². The van der Waals surface area contributed by atoms with Gasteiger partial charge in [-0.2, -0.15) is 0 Å². The topological polar surface area (TPSA) is 21.3 Å². The van der Waals surface area contributed by atoms with Crippen molar-refractivity contribution in [1.82, 2.24) is 5.32 Å². The lowest BCUT2D eigenvalue weighted by atomic mass is 10.1. The van der Waals surface area contributed by atoms with Crippen LogP contribution < -0.4 is 5.32 Å². The van der Waals surface area contributed by atoms with E-state index in [1.165, 1.54) is 21.6 Å². The summed E-state index contributed by atoms with van der Waals surface area (Å²) in [5, 5.41) is 3.74. The molecule has 26 heavy (non-hydrogen) atoms. The van der Waals surface area contributed by atoms with Crippen molar-refractivity contribution in [3.05, 3.63) is 90.5 Å². The summed E-state index contributed by atoms with van der Waals surface area (Å²) in [7, 11) is 0. The number of rotatable bonds is 5. The van der Waals surface area contributed by atoms with Crippen LogP contribution in [0.15, 0.2) is 89.8 Å². The summed E-state index contributed by atoms with van der Waals surface area (Å²) < 4.78 is 6.13. The molecular formula is C23H23NOS. The van der Waals surface area contributed by atoms with Crippen molar-refractivity contribution in [2.45, 2.75) is 16.2 Å². The Balaban J connectivity index is 1.68. The highest BCUT2D eigenvalue weighted by Gasteiger charge is 2.27. The fourth-order valence-corrected chi connectivity index (χ4v) is 4.71. The van der Waals surface area contributed by atoms with Crippen molar-refractivity contribution < 1.29 is 4.74 Å². The maximum atomic E-state index is 6.13. The van der Waals surface area contributed by atoms with E-state index in [4.69, 9.17) is 4.74 Å². The molecule has 1 aliphatic heterocycles. The molecule has 0 radical (unpaired) electrons. The van der Waals surface area contributed by atoms with E-state index >= 15 is 0 Å². The van der Waals surface area contributed by atoms with Crippen LogP contribution in [0.25, 0.3) is 11.1 Å². The molecule has 3 aromatic rings. The summed E-state index contributed by atoms with van der Waals surface area (Å²) in [5.41, 5.74) is 3.85. The third kappa shape index (κ3) is 4.01. The first-order valence-electron chi connectivity index (χ1n) is 9.10. The fourth-order valence-electron chi connectivity index (χ4n) is 3.34. The molecule has 2 nitrogen and oxygen atoms in total. The van der Waals surface area contributed by atoms with E-state index in [0.29, 0.717) is 0 Å². The maximum Gasteiger partial charge on any atom is 0.0862 e. The molecule has 2 unspecified atom stereocenters. The highest BCUT2D eigenvalue weighted by atomic mass is 32.2. The first-order chi connectivity index (χ1) is 12.9. The molecule has 0 aliphatic carbocycles. The standard InChI is InChI=1S/C23H23NOS/c1-3-9-18(10-4-1)20-13-7-8-14-22(20)26-23(19-11-5-2-6-12-19)21-17-24-15-16-25-21/h1-14,21,23-24H,15-17H2. The molecule has 0 bridgehead atoms. The highest BCUT2D eigenvalue weighted by Crippen LogP contribution is 2.43. The van der Waals surface area contributed by atoms with Crippen LogP contribution in [-0.2, 0) is 4.74 Å². The van der Waals surface area contributed by atoms with E-state index < -0.39 is 0 Å². The van der Waals surface area contributed by atoms with Gasteiger partial charge in [-0.25, -0.2) is 0 Å². The molecule has 1 N–H and O–H groups in total. The zero-order chi connectivity index (χ0) is 17.6. The van der Waals surface area contributed by atoms with Gasteiger partial charge in [0.05, 0.1) is 18.0 Å². The summed E-state index contributed by atoms with van der Waals surface area (Å²) in [4.78, 5) is 1.29. The molecule has 1 heterocycles. The second-order valence-electron chi connectivity index (χ2n) is 6.42. The van der Waals surface area contributed by atoms with Crippen LogP contribution in [-0.4, -0.2) is 25.8 Å². The number of ether oxygens (including phenoxy) is 1. The minimum absolute atomic E-state index is 0.167. The molecule has 2 atom stereocenters. The molecule has 0 spiro atoms. The van der Waals surface area contributed by atoms with Gasteiger partial charge in [-0.05, 0) is 22.8 Å². The van der Waals surface area contributed by atoms with Gasteiger partial charge in [0, 0.05) is 18.0 Å². The Kier molecular flexibility index (Phi) is 5.70. The van der Waals surface area contributed by atoms with E-state index in [-0.39, 0.29) is 11.4 Å². The van der Waals surface area contributed by atoms with Gasteiger partial charge in [0.25, 0.3) is 0 Å². The van der Waals surface area contributed by atoms with Gasteiger partial charge < -0.3 is 10.1 Å². The second kappa shape index (κ2) is 8.54. The first kappa shape index (κ1) is 17.3. The normalized spacial score (nSPS) is 18.4. The molecule has 0 saturated carbocycles. The van der Waals surface area contributed by atoms with Crippen molar-refractivity contribution in [2.75, 3.05) is 19.7 Å². The van der Waals surface area contributed by atoms with Gasteiger partial charge in [-0.3, -0.25) is 0 Å². The van der Waals surface area contributed by atoms with E-state index in [1.807, 2.05) is 11.8 Å². The summed E-state index contributed by atoms with van der Waals surface area (Å²) in [6, 6.07) is 30.0. The Labute approximate surface area is 159 Å². The minimum Gasteiger partial charge on any atom is -0.374 e. The number of nitrogens with one attached hydrogen (secondary N) is 1. The zero-order valence-corrected chi connectivity index (χ0v) is 15.5.